The standard InChI is InChI=1S/C24H31NO6/c1-3-30-23(27)21-14-20-13-17(9-11-19(20)15-25(21)24(28)29-2)10-12-22(26)31-16-18-7-5-4-6-8-18/h4-8,10,12,17,19-21H,3,9,11,13-16H2,1-2H3/b12-10+/t17-,19+,20-,21+/m1/s1. The lowest BCUT2D eigenvalue weighted by molar-refractivity contribution is -0.152. The van der Waals surface area contributed by atoms with Crippen molar-refractivity contribution in [1.29, 1.82) is 0 Å². The Morgan fingerprint density at radius 1 is 1.06 bits per heavy atom. The molecule has 0 radical (unpaired) electrons. The fourth-order valence-corrected chi connectivity index (χ4v) is 4.63. The molecule has 1 aromatic rings. The van der Waals surface area contributed by atoms with Gasteiger partial charge in [0.15, 0.2) is 0 Å². The molecule has 4 atom stereocenters. The van der Waals surface area contributed by atoms with Crippen LogP contribution in [0.1, 0.15) is 38.2 Å². The molecule has 168 valence electrons. The Bertz CT molecular complexity index is 793. The van der Waals surface area contributed by atoms with Gasteiger partial charge in [0.2, 0.25) is 0 Å². The Hall–Kier alpha value is -2.83. The third-order valence-electron chi connectivity index (χ3n) is 6.21. The van der Waals surface area contributed by atoms with E-state index in [1.807, 2.05) is 36.4 Å². The third kappa shape index (κ3) is 6.09. The number of carbonyl (C=O) groups excluding carboxylic acids is 3. The zero-order valence-electron chi connectivity index (χ0n) is 18.2. The van der Waals surface area contributed by atoms with Crippen LogP contribution in [0.25, 0.3) is 0 Å². The van der Waals surface area contributed by atoms with Gasteiger partial charge in [-0.1, -0.05) is 36.4 Å². The van der Waals surface area contributed by atoms with E-state index in [0.29, 0.717) is 24.8 Å². The van der Waals surface area contributed by atoms with Crippen LogP contribution in [0.2, 0.25) is 0 Å². The fourth-order valence-electron chi connectivity index (χ4n) is 4.63. The number of nitrogens with zero attached hydrogens (tertiary/aromatic N) is 1. The van der Waals surface area contributed by atoms with E-state index in [9.17, 15) is 14.4 Å². The van der Waals surface area contributed by atoms with Gasteiger partial charge in [0.1, 0.15) is 12.6 Å². The van der Waals surface area contributed by atoms with E-state index in [1.165, 1.54) is 18.1 Å². The molecule has 7 nitrogen and oxygen atoms in total. The molecule has 1 aromatic carbocycles. The normalized spacial score (nSPS) is 25.5. The summed E-state index contributed by atoms with van der Waals surface area (Å²) in [6.45, 7) is 2.78. The van der Waals surface area contributed by atoms with Gasteiger partial charge < -0.3 is 14.2 Å². The van der Waals surface area contributed by atoms with Crippen LogP contribution in [0.3, 0.4) is 0 Å². The predicted molar refractivity (Wildman–Crippen MR) is 114 cm³/mol. The molecule has 0 bridgehead atoms. The number of amides is 1. The molecule has 0 spiro atoms. The largest absolute Gasteiger partial charge is 0.464 e. The van der Waals surface area contributed by atoms with Crippen molar-refractivity contribution in [3.63, 3.8) is 0 Å². The molecule has 0 N–H and O–H groups in total. The molecule has 1 amide bonds. The van der Waals surface area contributed by atoms with Gasteiger partial charge in [-0.2, -0.15) is 0 Å². The van der Waals surface area contributed by atoms with Gasteiger partial charge in [0.25, 0.3) is 0 Å². The topological polar surface area (TPSA) is 82.1 Å². The first-order valence-corrected chi connectivity index (χ1v) is 10.9. The van der Waals surface area contributed by atoms with Crippen LogP contribution in [0, 0.1) is 17.8 Å². The Kier molecular flexibility index (Phi) is 8.09. The van der Waals surface area contributed by atoms with Gasteiger partial charge in [0.05, 0.1) is 13.7 Å². The van der Waals surface area contributed by atoms with E-state index in [0.717, 1.165) is 24.8 Å². The lowest BCUT2D eigenvalue weighted by Gasteiger charge is -2.45. The summed E-state index contributed by atoms with van der Waals surface area (Å²) in [5.74, 6) is 0.126. The van der Waals surface area contributed by atoms with Crippen LogP contribution in [0.4, 0.5) is 4.79 Å². The van der Waals surface area contributed by atoms with Crippen molar-refractivity contribution in [2.75, 3.05) is 20.3 Å². The van der Waals surface area contributed by atoms with Gasteiger partial charge in [-0.05, 0) is 55.9 Å². The molecule has 0 unspecified atom stereocenters. The molecule has 1 heterocycles. The first-order valence-electron chi connectivity index (χ1n) is 10.9. The zero-order valence-corrected chi connectivity index (χ0v) is 18.2. The van der Waals surface area contributed by atoms with Crippen LogP contribution < -0.4 is 0 Å². The number of benzene rings is 1. The van der Waals surface area contributed by atoms with Crippen molar-refractivity contribution < 1.29 is 28.6 Å². The number of allylic oxidation sites excluding steroid dienone is 1. The molecular weight excluding hydrogens is 398 g/mol. The minimum atomic E-state index is -0.618. The van der Waals surface area contributed by atoms with E-state index in [2.05, 4.69) is 0 Å². The van der Waals surface area contributed by atoms with Crippen LogP contribution >= 0.6 is 0 Å². The quantitative estimate of drug-likeness (QED) is 0.389. The minimum Gasteiger partial charge on any atom is -0.464 e. The zero-order chi connectivity index (χ0) is 22.2. The number of esters is 2. The van der Waals surface area contributed by atoms with Gasteiger partial charge in [-0.3, -0.25) is 4.90 Å². The second kappa shape index (κ2) is 11.0. The summed E-state index contributed by atoms with van der Waals surface area (Å²) in [7, 11) is 1.33. The maximum atomic E-state index is 12.4. The Morgan fingerprint density at radius 2 is 1.84 bits per heavy atom. The number of carbonyl (C=O) groups is 3. The molecule has 1 aliphatic heterocycles. The van der Waals surface area contributed by atoms with E-state index in [4.69, 9.17) is 14.2 Å². The molecule has 3 rings (SSSR count). The van der Waals surface area contributed by atoms with Crippen molar-refractivity contribution >= 4 is 18.0 Å². The van der Waals surface area contributed by atoms with Crippen molar-refractivity contribution in [3.8, 4) is 0 Å². The minimum absolute atomic E-state index is 0.248. The first-order chi connectivity index (χ1) is 15.0. The summed E-state index contributed by atoms with van der Waals surface area (Å²) in [6.07, 6.45) is 6.25. The lowest BCUT2D eigenvalue weighted by Crippen LogP contribution is -2.55. The highest BCUT2D eigenvalue weighted by Gasteiger charge is 2.44. The molecule has 31 heavy (non-hydrogen) atoms. The summed E-state index contributed by atoms with van der Waals surface area (Å²) in [6, 6.07) is 8.95. The first kappa shape index (κ1) is 22.8. The van der Waals surface area contributed by atoms with Crippen LogP contribution in [0.15, 0.2) is 42.5 Å². The molecule has 1 aliphatic carbocycles. The molecule has 0 aromatic heterocycles. The van der Waals surface area contributed by atoms with Crippen LogP contribution in [0.5, 0.6) is 0 Å². The highest BCUT2D eigenvalue weighted by Crippen LogP contribution is 2.42. The number of fused-ring (bicyclic) bond motifs is 1. The van der Waals surface area contributed by atoms with E-state index in [1.54, 1.807) is 6.92 Å². The van der Waals surface area contributed by atoms with E-state index in [-0.39, 0.29) is 31.1 Å². The molecule has 1 saturated heterocycles. The maximum Gasteiger partial charge on any atom is 0.410 e. The summed E-state index contributed by atoms with van der Waals surface area (Å²) < 4.78 is 15.4. The lowest BCUT2D eigenvalue weighted by atomic mass is 9.69. The third-order valence-corrected chi connectivity index (χ3v) is 6.21. The second-order valence-corrected chi connectivity index (χ2v) is 8.17. The van der Waals surface area contributed by atoms with Crippen molar-refractivity contribution in [2.45, 2.75) is 45.3 Å². The number of likely N-dealkylation sites (tertiary alicyclic amines) is 1. The van der Waals surface area contributed by atoms with Gasteiger partial charge >= 0.3 is 18.0 Å². The van der Waals surface area contributed by atoms with Gasteiger partial charge in [-0.15, -0.1) is 0 Å². The number of ether oxygens (including phenoxy) is 3. The summed E-state index contributed by atoms with van der Waals surface area (Å²) in [5.41, 5.74) is 0.951. The number of methoxy groups -OCH3 is 1. The van der Waals surface area contributed by atoms with Crippen molar-refractivity contribution in [1.82, 2.24) is 4.90 Å². The molecule has 7 heteroatoms. The van der Waals surface area contributed by atoms with Gasteiger partial charge in [0, 0.05) is 12.6 Å². The molecule has 2 fully saturated rings. The number of hydrogen-bond acceptors (Lipinski definition) is 6. The smallest absolute Gasteiger partial charge is 0.410 e. The average molecular weight is 430 g/mol. The molecule has 1 saturated carbocycles. The average Bonchev–Trinajstić information content (AvgIpc) is 2.80. The van der Waals surface area contributed by atoms with Crippen LogP contribution in [-0.2, 0) is 30.4 Å². The molecule has 2 aliphatic rings. The molecular formula is C24H31NO6. The summed E-state index contributed by atoms with van der Waals surface area (Å²) >= 11 is 0. The number of hydrogen-bond donors (Lipinski definition) is 0. The summed E-state index contributed by atoms with van der Waals surface area (Å²) in [5, 5.41) is 0. The Labute approximate surface area is 183 Å². The maximum absolute atomic E-state index is 12.4. The Morgan fingerprint density at radius 3 is 2.55 bits per heavy atom. The van der Waals surface area contributed by atoms with E-state index < -0.39 is 12.1 Å². The second-order valence-electron chi connectivity index (χ2n) is 8.17. The van der Waals surface area contributed by atoms with E-state index >= 15 is 0 Å². The fraction of sp³-hybridized carbons (Fsp3) is 0.542. The highest BCUT2D eigenvalue weighted by molar-refractivity contribution is 5.82. The predicted octanol–water partition coefficient (Wildman–Crippen LogP) is 3.72. The van der Waals surface area contributed by atoms with Crippen LogP contribution in [-0.4, -0.2) is 49.2 Å². The summed E-state index contributed by atoms with van der Waals surface area (Å²) in [4.78, 5) is 38.2. The monoisotopic (exact) mass is 429 g/mol. The van der Waals surface area contributed by atoms with Crippen molar-refractivity contribution in [2.24, 2.45) is 17.8 Å². The SMILES string of the molecule is CCOC(=O)[C@@H]1C[C@H]2C[C@@H](/C=C/C(=O)OCc3ccccc3)CC[C@H]2CN1C(=O)OC. The Balaban J connectivity index is 1.56. The van der Waals surface area contributed by atoms with Gasteiger partial charge in [-0.25, -0.2) is 14.4 Å². The number of piperidine rings is 1. The van der Waals surface area contributed by atoms with Crippen molar-refractivity contribution in [3.05, 3.63) is 48.0 Å². The highest BCUT2D eigenvalue weighted by atomic mass is 16.6. The number of rotatable bonds is 6.